The maximum atomic E-state index is 9.17. The first kappa shape index (κ1) is 13.9. The Kier molecular flexibility index (Phi) is 9.35. The maximum absolute atomic E-state index is 9.17. The molecule has 1 atom stereocenters. The summed E-state index contributed by atoms with van der Waals surface area (Å²) in [6, 6.07) is 0.160. The monoisotopic (exact) mass is 202 g/mol. The van der Waals surface area contributed by atoms with Gasteiger partial charge in [0, 0.05) is 12.6 Å². The summed E-state index contributed by atoms with van der Waals surface area (Å²) in [6.45, 7) is 7.26. The first-order valence-corrected chi connectivity index (χ1v) is 5.85. The molecule has 0 aromatic carbocycles. The lowest BCUT2D eigenvalue weighted by Gasteiger charge is -2.29. The van der Waals surface area contributed by atoms with E-state index in [0.717, 1.165) is 13.1 Å². The molecule has 0 heterocycles. The normalized spacial score (nSPS) is 13.5. The highest BCUT2D eigenvalue weighted by molar-refractivity contribution is 4.71. The second kappa shape index (κ2) is 9.44. The van der Waals surface area contributed by atoms with E-state index >= 15 is 0 Å². The van der Waals surface area contributed by atoms with E-state index in [1.54, 1.807) is 0 Å². The third kappa shape index (κ3) is 5.58. The van der Waals surface area contributed by atoms with Crippen molar-refractivity contribution in [2.75, 3.05) is 26.2 Å². The molecule has 0 saturated carbocycles. The SMILES string of the molecule is CCCCN(CCCC)C(CN)CO. The number of aliphatic hydroxyl groups is 1. The van der Waals surface area contributed by atoms with Crippen LogP contribution in [0.15, 0.2) is 0 Å². The molecule has 0 aliphatic heterocycles. The van der Waals surface area contributed by atoms with Crippen molar-refractivity contribution in [3.05, 3.63) is 0 Å². The topological polar surface area (TPSA) is 49.5 Å². The molecule has 0 aliphatic rings. The van der Waals surface area contributed by atoms with E-state index in [9.17, 15) is 5.11 Å². The van der Waals surface area contributed by atoms with Crippen molar-refractivity contribution in [2.45, 2.75) is 45.6 Å². The molecule has 3 N–H and O–H groups in total. The molecule has 0 aromatic rings. The lowest BCUT2D eigenvalue weighted by Crippen LogP contribution is -2.44. The van der Waals surface area contributed by atoms with Crippen molar-refractivity contribution in [1.82, 2.24) is 4.90 Å². The molecule has 14 heavy (non-hydrogen) atoms. The van der Waals surface area contributed by atoms with E-state index in [2.05, 4.69) is 18.7 Å². The van der Waals surface area contributed by atoms with Crippen LogP contribution in [0.4, 0.5) is 0 Å². The van der Waals surface area contributed by atoms with Gasteiger partial charge in [-0.2, -0.15) is 0 Å². The molecule has 0 radical (unpaired) electrons. The van der Waals surface area contributed by atoms with Crippen LogP contribution in [-0.4, -0.2) is 42.3 Å². The molecule has 0 aliphatic carbocycles. The van der Waals surface area contributed by atoms with E-state index < -0.39 is 0 Å². The molecule has 86 valence electrons. The Hall–Kier alpha value is -0.120. The fourth-order valence-electron chi connectivity index (χ4n) is 1.54. The van der Waals surface area contributed by atoms with Gasteiger partial charge in [0.05, 0.1) is 6.61 Å². The van der Waals surface area contributed by atoms with Crippen LogP contribution < -0.4 is 5.73 Å². The molecule has 0 amide bonds. The standard InChI is InChI=1S/C11H26N2O/c1-3-5-7-13(8-6-4-2)11(9-12)10-14/h11,14H,3-10,12H2,1-2H3. The van der Waals surface area contributed by atoms with E-state index in [4.69, 9.17) is 5.73 Å². The van der Waals surface area contributed by atoms with Crippen LogP contribution in [0.25, 0.3) is 0 Å². The van der Waals surface area contributed by atoms with Gasteiger partial charge in [-0.15, -0.1) is 0 Å². The zero-order valence-corrected chi connectivity index (χ0v) is 9.71. The summed E-state index contributed by atoms with van der Waals surface area (Å²) >= 11 is 0. The first-order valence-electron chi connectivity index (χ1n) is 5.85. The van der Waals surface area contributed by atoms with Gasteiger partial charge in [0.25, 0.3) is 0 Å². The van der Waals surface area contributed by atoms with Gasteiger partial charge >= 0.3 is 0 Å². The number of hydrogen-bond donors (Lipinski definition) is 2. The fourth-order valence-corrected chi connectivity index (χ4v) is 1.54. The summed E-state index contributed by atoms with van der Waals surface area (Å²) in [5.41, 5.74) is 5.63. The minimum atomic E-state index is 0.160. The van der Waals surface area contributed by atoms with Crippen LogP contribution in [0, 0.1) is 0 Å². The van der Waals surface area contributed by atoms with Gasteiger partial charge in [-0.05, 0) is 25.9 Å². The molecule has 0 saturated heterocycles. The van der Waals surface area contributed by atoms with Crippen molar-refractivity contribution < 1.29 is 5.11 Å². The van der Waals surface area contributed by atoms with Crippen LogP contribution in [-0.2, 0) is 0 Å². The smallest absolute Gasteiger partial charge is 0.0599 e. The minimum Gasteiger partial charge on any atom is -0.395 e. The summed E-state index contributed by atoms with van der Waals surface area (Å²) < 4.78 is 0. The predicted molar refractivity (Wildman–Crippen MR) is 61.3 cm³/mol. The molecular weight excluding hydrogens is 176 g/mol. The highest BCUT2D eigenvalue weighted by Crippen LogP contribution is 2.04. The molecule has 3 heteroatoms. The maximum Gasteiger partial charge on any atom is 0.0599 e. The molecular formula is C11H26N2O. The van der Waals surface area contributed by atoms with Crippen LogP contribution in [0.2, 0.25) is 0 Å². The Bertz CT molecular complexity index is 108. The van der Waals surface area contributed by atoms with Gasteiger partial charge in [0.15, 0.2) is 0 Å². The molecule has 0 fully saturated rings. The van der Waals surface area contributed by atoms with Gasteiger partial charge in [-0.3, -0.25) is 4.90 Å². The van der Waals surface area contributed by atoms with E-state index in [0.29, 0.717) is 6.54 Å². The fraction of sp³-hybridized carbons (Fsp3) is 1.00. The molecule has 0 spiro atoms. The second-order valence-electron chi connectivity index (χ2n) is 3.82. The van der Waals surface area contributed by atoms with Crippen LogP contribution >= 0.6 is 0 Å². The third-order valence-electron chi connectivity index (χ3n) is 2.60. The van der Waals surface area contributed by atoms with Gasteiger partial charge < -0.3 is 10.8 Å². The van der Waals surface area contributed by atoms with E-state index in [1.165, 1.54) is 25.7 Å². The zero-order valence-electron chi connectivity index (χ0n) is 9.71. The average Bonchev–Trinajstić information content (AvgIpc) is 2.22. The molecule has 3 nitrogen and oxygen atoms in total. The Morgan fingerprint density at radius 1 is 1.14 bits per heavy atom. The van der Waals surface area contributed by atoms with Crippen molar-refractivity contribution in [3.8, 4) is 0 Å². The van der Waals surface area contributed by atoms with Crippen molar-refractivity contribution >= 4 is 0 Å². The van der Waals surface area contributed by atoms with Gasteiger partial charge in [0.2, 0.25) is 0 Å². The Labute approximate surface area is 88.3 Å². The zero-order chi connectivity index (χ0) is 10.8. The highest BCUT2D eigenvalue weighted by Gasteiger charge is 2.14. The third-order valence-corrected chi connectivity index (χ3v) is 2.60. The van der Waals surface area contributed by atoms with Crippen molar-refractivity contribution in [3.63, 3.8) is 0 Å². The summed E-state index contributed by atoms with van der Waals surface area (Å²) in [7, 11) is 0. The largest absolute Gasteiger partial charge is 0.395 e. The van der Waals surface area contributed by atoms with Gasteiger partial charge in [-0.25, -0.2) is 0 Å². The molecule has 0 bridgehead atoms. The first-order chi connectivity index (χ1) is 6.79. The van der Waals surface area contributed by atoms with E-state index in [1.807, 2.05) is 0 Å². The minimum absolute atomic E-state index is 0.160. The second-order valence-corrected chi connectivity index (χ2v) is 3.82. The Morgan fingerprint density at radius 2 is 1.64 bits per heavy atom. The number of hydrogen-bond acceptors (Lipinski definition) is 3. The van der Waals surface area contributed by atoms with Gasteiger partial charge in [0.1, 0.15) is 0 Å². The number of unbranched alkanes of at least 4 members (excludes halogenated alkanes) is 2. The Balaban J connectivity index is 3.92. The summed E-state index contributed by atoms with van der Waals surface area (Å²) in [4.78, 5) is 2.33. The lowest BCUT2D eigenvalue weighted by atomic mass is 10.2. The summed E-state index contributed by atoms with van der Waals surface area (Å²) in [5, 5.41) is 9.17. The predicted octanol–water partition coefficient (Wildman–Crippen LogP) is 1.21. The highest BCUT2D eigenvalue weighted by atomic mass is 16.3. The Morgan fingerprint density at radius 3 is 1.93 bits per heavy atom. The van der Waals surface area contributed by atoms with Crippen LogP contribution in [0.5, 0.6) is 0 Å². The summed E-state index contributed by atoms with van der Waals surface area (Å²) in [6.07, 6.45) is 4.79. The number of aliphatic hydroxyl groups excluding tert-OH is 1. The van der Waals surface area contributed by atoms with Gasteiger partial charge in [-0.1, -0.05) is 26.7 Å². The number of rotatable bonds is 9. The van der Waals surface area contributed by atoms with Crippen molar-refractivity contribution in [1.29, 1.82) is 0 Å². The quantitative estimate of drug-likeness (QED) is 0.591. The average molecular weight is 202 g/mol. The lowest BCUT2D eigenvalue weighted by molar-refractivity contribution is 0.124. The number of nitrogens with two attached hydrogens (primary N) is 1. The molecule has 0 rings (SSSR count). The molecule has 1 unspecified atom stereocenters. The van der Waals surface area contributed by atoms with Crippen molar-refractivity contribution in [2.24, 2.45) is 5.73 Å². The summed E-state index contributed by atoms with van der Waals surface area (Å²) in [5.74, 6) is 0. The molecule has 0 aromatic heterocycles. The van der Waals surface area contributed by atoms with Crippen LogP contribution in [0.1, 0.15) is 39.5 Å². The van der Waals surface area contributed by atoms with Crippen LogP contribution in [0.3, 0.4) is 0 Å². The van der Waals surface area contributed by atoms with E-state index in [-0.39, 0.29) is 12.6 Å². The number of nitrogens with zero attached hydrogens (tertiary/aromatic N) is 1.